The number of β-lactam (4-membered cyclic amide) rings is 1. The molecule has 6 N–H and O–H groups in total. The fraction of sp³-hybridized carbons (Fsp3) is 0.550. The molecule has 0 aliphatic carbocycles. The molecule has 0 saturated carbocycles. The van der Waals surface area contributed by atoms with E-state index < -0.39 is 45.1 Å². The standard InChI is InChI=1S/C16H19N3O4S.C4H11NO3S/c1-16(2)11(15(22)23)19-13(21)10(14(19)24-16)18-12(20)9(17)8-6-4-3-5-7-8;1-2-3-4-5-9(6,7)8/h3-7,9-11,14H,17H2,1-2H3,(H,18,20)(H,22,23);5H,2-4H2,1H3,(H,6,7,8)/t9-,10-,11+,14-;/m1./s1. The van der Waals surface area contributed by atoms with Crippen molar-refractivity contribution in [3.05, 3.63) is 35.9 Å². The molecular formula is C20H30N4O7S2. The predicted octanol–water partition coefficient (Wildman–Crippen LogP) is 0.497. The number of carbonyl (C=O) groups excluding carboxylic acids is 2. The van der Waals surface area contributed by atoms with Gasteiger partial charge >= 0.3 is 16.3 Å². The number of thioether (sulfide) groups is 1. The minimum absolute atomic E-state index is 0.315. The molecule has 1 aromatic rings. The Labute approximate surface area is 197 Å². The van der Waals surface area contributed by atoms with Gasteiger partial charge in [-0.25, -0.2) is 4.79 Å². The molecule has 2 amide bonds. The zero-order valence-corrected chi connectivity index (χ0v) is 20.2. The van der Waals surface area contributed by atoms with Gasteiger partial charge in [-0.2, -0.15) is 13.1 Å². The van der Waals surface area contributed by atoms with Crippen LogP contribution in [-0.4, -0.2) is 69.5 Å². The summed E-state index contributed by atoms with van der Waals surface area (Å²) in [6.45, 7) is 5.83. The molecular weight excluding hydrogens is 472 g/mol. The summed E-state index contributed by atoms with van der Waals surface area (Å²) in [7, 11) is -3.95. The van der Waals surface area contributed by atoms with Gasteiger partial charge in [-0.1, -0.05) is 43.7 Å². The van der Waals surface area contributed by atoms with Crippen molar-refractivity contribution < 1.29 is 32.5 Å². The van der Waals surface area contributed by atoms with E-state index in [1.807, 2.05) is 17.7 Å². The lowest BCUT2D eigenvalue weighted by Gasteiger charge is -2.43. The van der Waals surface area contributed by atoms with Crippen LogP contribution in [-0.2, 0) is 24.7 Å². The Morgan fingerprint density at radius 2 is 1.88 bits per heavy atom. The number of benzene rings is 1. The van der Waals surface area contributed by atoms with Gasteiger partial charge in [0, 0.05) is 11.3 Å². The average Bonchev–Trinajstić information content (AvgIpc) is 2.99. The molecule has 0 aromatic heterocycles. The SMILES string of the molecule is CC1(C)S[C@@H]2[C@H](NC(=O)[C@H](N)c3ccccc3)C(=O)N2[C@H]1C(=O)O.CCCCNS(=O)(=O)O. The molecule has 1 aromatic carbocycles. The maximum atomic E-state index is 12.3. The molecule has 2 fully saturated rings. The minimum atomic E-state index is -3.95. The largest absolute Gasteiger partial charge is 0.480 e. The first-order valence-electron chi connectivity index (χ1n) is 10.4. The lowest BCUT2D eigenvalue weighted by atomic mass is 9.95. The molecule has 2 aliphatic heterocycles. The van der Waals surface area contributed by atoms with Gasteiger partial charge in [0.15, 0.2) is 0 Å². The molecule has 0 bridgehead atoms. The van der Waals surface area contributed by atoms with Crippen molar-refractivity contribution in [3.63, 3.8) is 0 Å². The van der Waals surface area contributed by atoms with Crippen LogP contribution in [0.5, 0.6) is 0 Å². The second-order valence-corrected chi connectivity index (χ2v) is 11.2. The number of nitrogens with zero attached hydrogens (tertiary/aromatic N) is 1. The molecule has 2 saturated heterocycles. The van der Waals surface area contributed by atoms with Crippen LogP contribution in [0.25, 0.3) is 0 Å². The van der Waals surface area contributed by atoms with Crippen LogP contribution < -0.4 is 15.8 Å². The Bertz CT molecular complexity index is 972. The van der Waals surface area contributed by atoms with Crippen LogP contribution in [0.4, 0.5) is 0 Å². The number of hydrogen-bond acceptors (Lipinski definition) is 7. The van der Waals surface area contributed by atoms with Crippen LogP contribution in [0.3, 0.4) is 0 Å². The fourth-order valence-corrected chi connectivity index (χ4v) is 5.61. The normalized spacial score (nSPS) is 24.1. The third kappa shape index (κ3) is 6.67. The second kappa shape index (κ2) is 10.8. The third-order valence-corrected chi connectivity index (χ3v) is 7.37. The van der Waals surface area contributed by atoms with E-state index in [1.165, 1.54) is 16.7 Å². The predicted molar refractivity (Wildman–Crippen MR) is 123 cm³/mol. The van der Waals surface area contributed by atoms with E-state index in [2.05, 4.69) is 5.32 Å². The van der Waals surface area contributed by atoms with Crippen molar-refractivity contribution in [2.75, 3.05) is 6.54 Å². The van der Waals surface area contributed by atoms with Crippen molar-refractivity contribution in [2.45, 2.75) is 61.9 Å². The Morgan fingerprint density at radius 3 is 2.39 bits per heavy atom. The molecule has 2 heterocycles. The maximum Gasteiger partial charge on any atom is 0.333 e. The van der Waals surface area contributed by atoms with Gasteiger partial charge in [0.25, 0.3) is 0 Å². The monoisotopic (exact) mass is 502 g/mol. The summed E-state index contributed by atoms with van der Waals surface area (Å²) < 4.78 is 29.3. The topological polar surface area (TPSA) is 179 Å². The smallest absolute Gasteiger partial charge is 0.333 e. The van der Waals surface area contributed by atoms with Crippen LogP contribution in [0.2, 0.25) is 0 Å². The first kappa shape index (κ1) is 27.1. The lowest BCUT2D eigenvalue weighted by Crippen LogP contribution is -2.71. The summed E-state index contributed by atoms with van der Waals surface area (Å²) in [6.07, 6.45) is 1.66. The number of rotatable bonds is 8. The van der Waals surface area contributed by atoms with Gasteiger partial charge < -0.3 is 21.1 Å². The average molecular weight is 503 g/mol. The summed E-state index contributed by atoms with van der Waals surface area (Å²) >= 11 is 1.38. The summed E-state index contributed by atoms with van der Waals surface area (Å²) in [5, 5.41) is 11.7. The van der Waals surface area contributed by atoms with E-state index in [-0.39, 0.29) is 11.3 Å². The summed E-state index contributed by atoms with van der Waals surface area (Å²) in [6, 6.07) is 6.38. The van der Waals surface area contributed by atoms with Gasteiger partial charge in [-0.3, -0.25) is 14.1 Å². The number of aliphatic carboxylic acids is 1. The number of amides is 2. The molecule has 0 spiro atoms. The highest BCUT2D eigenvalue weighted by atomic mass is 32.2. The summed E-state index contributed by atoms with van der Waals surface area (Å²) in [5.41, 5.74) is 6.59. The number of carbonyl (C=O) groups is 3. The van der Waals surface area contributed by atoms with E-state index in [9.17, 15) is 27.9 Å². The zero-order valence-electron chi connectivity index (χ0n) is 18.6. The molecule has 2 aliphatic rings. The molecule has 4 atom stereocenters. The molecule has 0 radical (unpaired) electrons. The lowest BCUT2D eigenvalue weighted by molar-refractivity contribution is -0.161. The van der Waals surface area contributed by atoms with E-state index in [0.717, 1.165) is 12.8 Å². The van der Waals surface area contributed by atoms with E-state index >= 15 is 0 Å². The van der Waals surface area contributed by atoms with Crippen LogP contribution in [0.15, 0.2) is 30.3 Å². The molecule has 3 rings (SSSR count). The van der Waals surface area contributed by atoms with Crippen molar-refractivity contribution >= 4 is 39.8 Å². The molecule has 13 heteroatoms. The van der Waals surface area contributed by atoms with Gasteiger partial charge in [0.2, 0.25) is 11.8 Å². The summed E-state index contributed by atoms with van der Waals surface area (Å²) in [5.74, 6) is -1.86. The first-order chi connectivity index (χ1) is 15.3. The highest BCUT2D eigenvalue weighted by Crippen LogP contribution is 2.50. The molecule has 33 heavy (non-hydrogen) atoms. The second-order valence-electron chi connectivity index (χ2n) is 8.20. The van der Waals surface area contributed by atoms with Gasteiger partial charge in [-0.15, -0.1) is 11.8 Å². The minimum Gasteiger partial charge on any atom is -0.480 e. The van der Waals surface area contributed by atoms with Gasteiger partial charge in [-0.05, 0) is 25.8 Å². The van der Waals surface area contributed by atoms with Gasteiger partial charge in [0.05, 0.1) is 0 Å². The van der Waals surface area contributed by atoms with Crippen molar-refractivity contribution in [1.29, 1.82) is 0 Å². The fourth-order valence-electron chi connectivity index (χ4n) is 3.58. The van der Waals surface area contributed by atoms with Gasteiger partial charge in [0.1, 0.15) is 23.5 Å². The quantitative estimate of drug-likeness (QED) is 0.192. The van der Waals surface area contributed by atoms with E-state index in [0.29, 0.717) is 12.1 Å². The third-order valence-electron chi connectivity index (χ3n) is 5.23. The van der Waals surface area contributed by atoms with Crippen LogP contribution >= 0.6 is 11.8 Å². The number of nitrogens with one attached hydrogen (secondary N) is 2. The number of nitrogens with two attached hydrogens (primary N) is 1. The highest BCUT2D eigenvalue weighted by molar-refractivity contribution is 8.01. The number of carboxylic acid groups (broad SMARTS) is 1. The highest BCUT2D eigenvalue weighted by Gasteiger charge is 2.64. The molecule has 11 nitrogen and oxygen atoms in total. The molecule has 184 valence electrons. The van der Waals surface area contributed by atoms with Crippen molar-refractivity contribution in [3.8, 4) is 0 Å². The summed E-state index contributed by atoms with van der Waals surface area (Å²) in [4.78, 5) is 37.5. The van der Waals surface area contributed by atoms with Crippen molar-refractivity contribution in [1.82, 2.24) is 14.9 Å². The number of unbranched alkanes of at least 4 members (excludes halogenated alkanes) is 1. The maximum absolute atomic E-state index is 12.3. The van der Waals surface area contributed by atoms with Crippen LogP contribution in [0, 0.1) is 0 Å². The number of fused-ring (bicyclic) bond motifs is 1. The molecule has 0 unspecified atom stereocenters. The zero-order chi connectivity index (χ0) is 25.0. The number of hydrogen-bond donors (Lipinski definition) is 5. The van der Waals surface area contributed by atoms with E-state index in [4.69, 9.17) is 10.3 Å². The first-order valence-corrected chi connectivity index (χ1v) is 12.7. The number of carboxylic acids is 1. The Hall–Kier alpha value is -2.19. The van der Waals surface area contributed by atoms with Crippen molar-refractivity contribution in [2.24, 2.45) is 5.73 Å². The van der Waals surface area contributed by atoms with E-state index in [1.54, 1.807) is 38.1 Å². The Kier molecular flexibility index (Phi) is 8.88. The Morgan fingerprint density at radius 1 is 1.27 bits per heavy atom. The van der Waals surface area contributed by atoms with Crippen LogP contribution in [0.1, 0.15) is 45.2 Å². The Balaban J connectivity index is 0.000000365.